The molecular formula is C12H17N2Na3O9. The summed E-state index contributed by atoms with van der Waals surface area (Å²) < 4.78 is 4.57. The molecule has 0 radical (unpaired) electrons. The number of ether oxygens (including phenoxy) is 1. The van der Waals surface area contributed by atoms with Crippen LogP contribution in [0.25, 0.3) is 0 Å². The van der Waals surface area contributed by atoms with Gasteiger partial charge in [0.15, 0.2) is 0 Å². The maximum absolute atomic E-state index is 11.4. The molecule has 11 nitrogen and oxygen atoms in total. The standard InChI is InChI=1S/C12H20N2O9.3Na/c15-3-4-23-12(22)8-14(7-11(20)21)2-1-13(5-9(16)17)6-10(18)19;;;/h15H,1-8H2,(H,16,17)(H,18,19)(H,20,21);;;/q;3*+1/p-3. The van der Waals surface area contributed by atoms with Crippen molar-refractivity contribution in [3.63, 3.8) is 0 Å². The molecule has 0 unspecified atom stereocenters. The van der Waals surface area contributed by atoms with E-state index in [0.717, 1.165) is 9.80 Å². The van der Waals surface area contributed by atoms with Gasteiger partial charge < -0.3 is 39.5 Å². The van der Waals surface area contributed by atoms with E-state index in [4.69, 9.17) is 5.11 Å². The minimum absolute atomic E-state index is 0. The molecule has 0 heterocycles. The van der Waals surface area contributed by atoms with Crippen LogP contribution in [0.1, 0.15) is 0 Å². The predicted molar refractivity (Wildman–Crippen MR) is 65.9 cm³/mol. The molecule has 0 rings (SSSR count). The summed E-state index contributed by atoms with van der Waals surface area (Å²) in [7, 11) is 0. The van der Waals surface area contributed by atoms with Gasteiger partial charge in [0.05, 0.1) is 31.1 Å². The van der Waals surface area contributed by atoms with Crippen LogP contribution in [0, 0.1) is 0 Å². The van der Waals surface area contributed by atoms with Crippen molar-refractivity contribution in [3.8, 4) is 0 Å². The maximum Gasteiger partial charge on any atom is 1.00 e. The Balaban J connectivity index is -0.000000807. The SMILES string of the molecule is O=C([O-])CN(CCN(CC(=O)[O-])CC(=O)OCCO)CC(=O)[O-].[Na+].[Na+].[Na+]. The number of carboxylic acids is 3. The van der Waals surface area contributed by atoms with Gasteiger partial charge in [-0.05, 0) is 0 Å². The summed E-state index contributed by atoms with van der Waals surface area (Å²) >= 11 is 0. The number of aliphatic hydroxyl groups excluding tert-OH is 1. The van der Waals surface area contributed by atoms with Crippen molar-refractivity contribution >= 4 is 23.9 Å². The largest absolute Gasteiger partial charge is 1.00 e. The van der Waals surface area contributed by atoms with Gasteiger partial charge in [0.25, 0.3) is 0 Å². The number of nitrogens with zero attached hydrogens (tertiary/aromatic N) is 2. The Morgan fingerprint density at radius 1 is 0.731 bits per heavy atom. The fourth-order valence-corrected chi connectivity index (χ4v) is 1.65. The maximum atomic E-state index is 11.4. The van der Waals surface area contributed by atoms with Crippen molar-refractivity contribution in [2.24, 2.45) is 0 Å². The first-order valence-electron chi connectivity index (χ1n) is 6.55. The molecule has 0 spiro atoms. The van der Waals surface area contributed by atoms with Crippen LogP contribution in [0.5, 0.6) is 0 Å². The minimum Gasteiger partial charge on any atom is -0.549 e. The van der Waals surface area contributed by atoms with Gasteiger partial charge in [-0.2, -0.15) is 0 Å². The van der Waals surface area contributed by atoms with Gasteiger partial charge in [-0.3, -0.25) is 14.6 Å². The molecule has 0 aliphatic carbocycles. The number of esters is 1. The fraction of sp³-hybridized carbons (Fsp3) is 0.667. The van der Waals surface area contributed by atoms with Crippen LogP contribution in [0.4, 0.5) is 0 Å². The second-order valence-corrected chi connectivity index (χ2v) is 4.48. The predicted octanol–water partition coefficient (Wildman–Crippen LogP) is -15.6. The van der Waals surface area contributed by atoms with E-state index in [9.17, 15) is 34.5 Å². The summed E-state index contributed by atoms with van der Waals surface area (Å²) in [6.07, 6.45) is 0. The zero-order chi connectivity index (χ0) is 17.8. The first-order chi connectivity index (χ1) is 10.7. The van der Waals surface area contributed by atoms with E-state index in [2.05, 4.69) is 4.74 Å². The van der Waals surface area contributed by atoms with E-state index in [1.54, 1.807) is 0 Å². The number of carbonyl (C=O) groups is 4. The quantitative estimate of drug-likeness (QED) is 0.229. The Labute approximate surface area is 216 Å². The smallest absolute Gasteiger partial charge is 0.549 e. The third-order valence-corrected chi connectivity index (χ3v) is 2.50. The average Bonchev–Trinajstić information content (AvgIpc) is 2.40. The molecule has 0 aromatic carbocycles. The minimum atomic E-state index is -1.51. The Morgan fingerprint density at radius 3 is 1.38 bits per heavy atom. The monoisotopic (exact) mass is 402 g/mol. The summed E-state index contributed by atoms with van der Waals surface area (Å²) in [6, 6.07) is 0. The van der Waals surface area contributed by atoms with Gasteiger partial charge in [-0.1, -0.05) is 0 Å². The molecule has 0 aliphatic rings. The summed E-state index contributed by atoms with van der Waals surface area (Å²) in [6.45, 7) is -3.41. The van der Waals surface area contributed by atoms with E-state index >= 15 is 0 Å². The van der Waals surface area contributed by atoms with Crippen molar-refractivity contribution in [2.75, 3.05) is 52.5 Å². The molecule has 0 aliphatic heterocycles. The number of carboxylic acid groups (broad SMARTS) is 3. The van der Waals surface area contributed by atoms with Gasteiger partial charge in [-0.15, -0.1) is 0 Å². The number of aliphatic carboxylic acids is 3. The number of hydrogen-bond donors (Lipinski definition) is 1. The van der Waals surface area contributed by atoms with Gasteiger partial charge in [0.1, 0.15) is 6.61 Å². The van der Waals surface area contributed by atoms with Crippen molar-refractivity contribution in [3.05, 3.63) is 0 Å². The Bertz CT molecular complexity index is 424. The molecule has 0 amide bonds. The first kappa shape index (κ1) is 34.3. The third-order valence-electron chi connectivity index (χ3n) is 2.50. The topological polar surface area (TPSA) is 173 Å². The molecule has 0 atom stereocenters. The molecule has 0 saturated heterocycles. The van der Waals surface area contributed by atoms with E-state index in [1.165, 1.54) is 0 Å². The molecule has 0 aromatic rings. The van der Waals surface area contributed by atoms with E-state index in [-0.39, 0.29) is 108 Å². The molecule has 0 bridgehead atoms. The molecule has 132 valence electrons. The summed E-state index contributed by atoms with van der Waals surface area (Å²) in [5.74, 6) is -5.31. The van der Waals surface area contributed by atoms with Crippen LogP contribution in [0.2, 0.25) is 0 Å². The van der Waals surface area contributed by atoms with Crippen molar-refractivity contribution in [1.82, 2.24) is 9.80 Å². The fourth-order valence-electron chi connectivity index (χ4n) is 1.65. The molecule has 26 heavy (non-hydrogen) atoms. The Kier molecular flexibility index (Phi) is 27.0. The third kappa shape index (κ3) is 21.1. The van der Waals surface area contributed by atoms with Crippen LogP contribution >= 0.6 is 0 Å². The Morgan fingerprint density at radius 2 is 1.08 bits per heavy atom. The summed E-state index contributed by atoms with van der Waals surface area (Å²) in [5.41, 5.74) is 0. The van der Waals surface area contributed by atoms with Gasteiger partial charge in [0, 0.05) is 32.7 Å². The summed E-state index contributed by atoms with van der Waals surface area (Å²) in [5, 5.41) is 40.2. The zero-order valence-electron chi connectivity index (χ0n) is 15.3. The second-order valence-electron chi connectivity index (χ2n) is 4.48. The normalized spacial score (nSPS) is 9.50. The van der Waals surface area contributed by atoms with Crippen LogP contribution in [-0.2, 0) is 23.9 Å². The first-order valence-corrected chi connectivity index (χ1v) is 6.55. The van der Waals surface area contributed by atoms with Crippen molar-refractivity contribution < 1.29 is 133 Å². The van der Waals surface area contributed by atoms with Crippen LogP contribution in [0.3, 0.4) is 0 Å². The second kappa shape index (κ2) is 20.5. The number of aliphatic hydroxyl groups is 1. The summed E-state index contributed by atoms with van der Waals surface area (Å²) in [4.78, 5) is 45.1. The van der Waals surface area contributed by atoms with Gasteiger partial charge in [-0.25, -0.2) is 0 Å². The van der Waals surface area contributed by atoms with E-state index < -0.39 is 56.7 Å². The number of rotatable bonds is 13. The molecular weight excluding hydrogens is 385 g/mol. The average molecular weight is 402 g/mol. The van der Waals surface area contributed by atoms with Gasteiger partial charge >= 0.3 is 94.6 Å². The van der Waals surface area contributed by atoms with Crippen LogP contribution in [0.15, 0.2) is 0 Å². The van der Waals surface area contributed by atoms with Crippen LogP contribution in [-0.4, -0.2) is 91.3 Å². The van der Waals surface area contributed by atoms with Crippen molar-refractivity contribution in [1.29, 1.82) is 0 Å². The number of hydrogen-bond acceptors (Lipinski definition) is 11. The van der Waals surface area contributed by atoms with E-state index in [1.807, 2.05) is 0 Å². The molecule has 0 fully saturated rings. The molecule has 14 heteroatoms. The van der Waals surface area contributed by atoms with E-state index in [0.29, 0.717) is 0 Å². The van der Waals surface area contributed by atoms with Crippen LogP contribution < -0.4 is 104 Å². The Hall–Kier alpha value is 0.760. The zero-order valence-corrected chi connectivity index (χ0v) is 21.3. The molecule has 0 saturated carbocycles. The molecule has 1 N–H and O–H groups in total. The molecule has 0 aromatic heterocycles. The van der Waals surface area contributed by atoms with Gasteiger partial charge in [0.2, 0.25) is 0 Å². The number of carbonyl (C=O) groups excluding carboxylic acids is 4. The van der Waals surface area contributed by atoms with Crippen molar-refractivity contribution in [2.45, 2.75) is 0 Å².